The van der Waals surface area contributed by atoms with Crippen LogP contribution in [0.4, 0.5) is 13.2 Å². The zero-order valence-electron chi connectivity index (χ0n) is 20.5. The number of hydrogen-bond acceptors (Lipinski definition) is 2. The number of carbonyl (C=O) groups is 1. The summed E-state index contributed by atoms with van der Waals surface area (Å²) < 4.78 is 40.0. The highest BCUT2D eigenvalue weighted by atomic mass is 79.9. The number of hydrogen-bond donors (Lipinski definition) is 1. The normalized spacial score (nSPS) is 21.1. The standard InChI is InChI=1S/C31H25BrF3NO2/c32-28-8-6-24(30-9-12-36(13-10-30)14-11-30)18-27(28)26-17-22(29(37)38)16-21-15-20(3-7-25(21)26)19-1-4-23(5-2-19)31(33,34)35/h1-8,15-18H,9-14H2,(H,37,38). The van der Waals surface area contributed by atoms with Gasteiger partial charge in [0.2, 0.25) is 0 Å². The fourth-order valence-electron chi connectivity index (χ4n) is 6.07. The van der Waals surface area contributed by atoms with Crippen molar-refractivity contribution in [1.29, 1.82) is 0 Å². The van der Waals surface area contributed by atoms with Gasteiger partial charge >= 0.3 is 12.1 Å². The lowest BCUT2D eigenvalue weighted by Gasteiger charge is -2.49. The Bertz CT molecular complexity index is 1540. The number of rotatable bonds is 4. The molecule has 0 amide bonds. The molecule has 4 aromatic rings. The SMILES string of the molecule is O=C(O)c1cc(-c2cc(C34CCN(CC3)CC4)ccc2Br)c2ccc(-c3ccc(C(F)(F)F)cc3)cc2c1. The van der Waals surface area contributed by atoms with Gasteiger partial charge in [-0.1, -0.05) is 46.3 Å². The van der Waals surface area contributed by atoms with Crippen molar-refractivity contribution >= 4 is 32.7 Å². The molecule has 0 saturated carbocycles. The molecule has 194 valence electrons. The van der Waals surface area contributed by atoms with E-state index in [1.54, 1.807) is 12.1 Å². The average Bonchev–Trinajstić information content (AvgIpc) is 2.93. The summed E-state index contributed by atoms with van der Waals surface area (Å²) >= 11 is 3.71. The quantitative estimate of drug-likeness (QED) is 0.264. The van der Waals surface area contributed by atoms with Gasteiger partial charge in [0.15, 0.2) is 0 Å². The smallest absolute Gasteiger partial charge is 0.416 e. The third kappa shape index (κ3) is 4.41. The molecule has 3 fully saturated rings. The largest absolute Gasteiger partial charge is 0.478 e. The van der Waals surface area contributed by atoms with E-state index in [1.165, 1.54) is 17.7 Å². The van der Waals surface area contributed by atoms with Crippen molar-refractivity contribution < 1.29 is 23.1 Å². The number of aromatic carboxylic acids is 1. The first-order valence-corrected chi connectivity index (χ1v) is 13.4. The van der Waals surface area contributed by atoms with Gasteiger partial charge in [-0.05, 0) is 125 Å². The summed E-state index contributed by atoms with van der Waals surface area (Å²) in [5.74, 6) is -1.03. The zero-order chi connectivity index (χ0) is 26.7. The maximum Gasteiger partial charge on any atom is 0.416 e. The minimum Gasteiger partial charge on any atom is -0.478 e. The zero-order valence-corrected chi connectivity index (χ0v) is 22.1. The number of alkyl halides is 3. The van der Waals surface area contributed by atoms with E-state index in [0.29, 0.717) is 5.56 Å². The number of piperidine rings is 3. The highest BCUT2D eigenvalue weighted by Gasteiger charge is 2.40. The number of carboxylic acid groups (broad SMARTS) is 1. The molecule has 3 nitrogen and oxygen atoms in total. The van der Waals surface area contributed by atoms with Crippen LogP contribution in [0.3, 0.4) is 0 Å². The van der Waals surface area contributed by atoms with E-state index < -0.39 is 17.7 Å². The van der Waals surface area contributed by atoms with Crippen LogP contribution in [0, 0.1) is 0 Å². The van der Waals surface area contributed by atoms with Crippen molar-refractivity contribution in [2.75, 3.05) is 19.6 Å². The molecule has 3 aliphatic rings. The van der Waals surface area contributed by atoms with Crippen LogP contribution >= 0.6 is 15.9 Å². The summed E-state index contributed by atoms with van der Waals surface area (Å²) in [5.41, 5.74) is 4.03. The second-order valence-corrected chi connectivity index (χ2v) is 11.3. The molecule has 0 atom stereocenters. The van der Waals surface area contributed by atoms with Crippen LogP contribution in [0.15, 0.2) is 77.3 Å². The third-order valence-corrected chi connectivity index (χ3v) is 9.03. The lowest BCUT2D eigenvalue weighted by Crippen LogP contribution is -2.50. The summed E-state index contributed by atoms with van der Waals surface area (Å²) in [7, 11) is 0. The molecular weight excluding hydrogens is 555 g/mol. The first kappa shape index (κ1) is 25.1. The Labute approximate surface area is 227 Å². The molecule has 7 heteroatoms. The molecule has 1 N–H and O–H groups in total. The van der Waals surface area contributed by atoms with Gasteiger partial charge in [0, 0.05) is 4.47 Å². The van der Waals surface area contributed by atoms with Crippen LogP contribution in [-0.4, -0.2) is 35.6 Å². The number of carboxylic acids is 1. The third-order valence-electron chi connectivity index (χ3n) is 8.33. The Kier molecular flexibility index (Phi) is 6.11. The maximum absolute atomic E-state index is 13.0. The summed E-state index contributed by atoms with van der Waals surface area (Å²) in [6.07, 6.45) is -1.02. The molecule has 0 aliphatic carbocycles. The van der Waals surface area contributed by atoms with Crippen LogP contribution in [0.5, 0.6) is 0 Å². The second kappa shape index (κ2) is 9.24. The Morgan fingerprint density at radius 3 is 2.11 bits per heavy atom. The molecule has 0 aromatic heterocycles. The van der Waals surface area contributed by atoms with Crippen LogP contribution in [0.2, 0.25) is 0 Å². The predicted octanol–water partition coefficient (Wildman–Crippen LogP) is 8.39. The van der Waals surface area contributed by atoms with Crippen molar-refractivity contribution in [3.63, 3.8) is 0 Å². The summed E-state index contributed by atoms with van der Waals surface area (Å²) in [6.45, 7) is 3.32. The minimum atomic E-state index is -4.40. The minimum absolute atomic E-state index is 0.153. The Balaban J connectivity index is 1.47. The van der Waals surface area contributed by atoms with Crippen LogP contribution < -0.4 is 0 Å². The number of halogens is 4. The molecule has 4 aromatic carbocycles. The van der Waals surface area contributed by atoms with Gasteiger partial charge in [-0.2, -0.15) is 13.2 Å². The molecule has 3 saturated heterocycles. The van der Waals surface area contributed by atoms with E-state index in [1.807, 2.05) is 18.2 Å². The van der Waals surface area contributed by atoms with Gasteiger partial charge in [-0.15, -0.1) is 0 Å². The Morgan fingerprint density at radius 1 is 0.816 bits per heavy atom. The van der Waals surface area contributed by atoms with Gasteiger partial charge in [-0.25, -0.2) is 4.79 Å². The lowest BCUT2D eigenvalue weighted by molar-refractivity contribution is -0.137. The van der Waals surface area contributed by atoms with Crippen LogP contribution in [-0.2, 0) is 11.6 Å². The van der Waals surface area contributed by atoms with Gasteiger partial charge in [-0.3, -0.25) is 0 Å². The molecular formula is C31H25BrF3NO2. The van der Waals surface area contributed by atoms with Gasteiger partial charge in [0.25, 0.3) is 0 Å². The van der Waals surface area contributed by atoms with E-state index in [0.717, 1.165) is 83.0 Å². The fourth-order valence-corrected chi connectivity index (χ4v) is 6.53. The maximum atomic E-state index is 13.0. The lowest BCUT2D eigenvalue weighted by atomic mass is 9.67. The molecule has 0 unspecified atom stereocenters. The number of benzene rings is 4. The molecule has 3 heterocycles. The second-order valence-electron chi connectivity index (χ2n) is 10.4. The van der Waals surface area contributed by atoms with E-state index >= 15 is 0 Å². The predicted molar refractivity (Wildman–Crippen MR) is 146 cm³/mol. The van der Waals surface area contributed by atoms with Crippen molar-refractivity contribution in [3.05, 3.63) is 94.0 Å². The van der Waals surface area contributed by atoms with Crippen molar-refractivity contribution in [3.8, 4) is 22.3 Å². The molecule has 38 heavy (non-hydrogen) atoms. The monoisotopic (exact) mass is 579 g/mol. The van der Waals surface area contributed by atoms with Crippen molar-refractivity contribution in [2.24, 2.45) is 0 Å². The number of nitrogens with zero attached hydrogens (tertiary/aromatic N) is 1. The highest BCUT2D eigenvalue weighted by molar-refractivity contribution is 9.10. The Morgan fingerprint density at radius 2 is 1.47 bits per heavy atom. The van der Waals surface area contributed by atoms with Gasteiger partial charge < -0.3 is 10.0 Å². The topological polar surface area (TPSA) is 40.5 Å². The van der Waals surface area contributed by atoms with E-state index in [9.17, 15) is 23.1 Å². The first-order chi connectivity index (χ1) is 18.1. The molecule has 2 bridgehead atoms. The van der Waals surface area contributed by atoms with Gasteiger partial charge in [0.05, 0.1) is 11.1 Å². The van der Waals surface area contributed by atoms with Crippen LogP contribution in [0.1, 0.15) is 40.7 Å². The highest BCUT2D eigenvalue weighted by Crippen LogP contribution is 2.46. The number of fused-ring (bicyclic) bond motifs is 4. The van der Waals surface area contributed by atoms with Crippen molar-refractivity contribution in [1.82, 2.24) is 4.90 Å². The summed E-state index contributed by atoms with van der Waals surface area (Å²) in [4.78, 5) is 14.6. The fraction of sp³-hybridized carbons (Fsp3) is 0.258. The van der Waals surface area contributed by atoms with Gasteiger partial charge in [0.1, 0.15) is 0 Å². The summed E-state index contributed by atoms with van der Waals surface area (Å²) in [6, 6.07) is 20.5. The average molecular weight is 580 g/mol. The molecule has 3 aliphatic heterocycles. The molecule has 0 spiro atoms. The van der Waals surface area contributed by atoms with Crippen LogP contribution in [0.25, 0.3) is 33.0 Å². The van der Waals surface area contributed by atoms with E-state index in [2.05, 4.69) is 39.0 Å². The molecule has 7 rings (SSSR count). The Hall–Kier alpha value is -3.16. The van der Waals surface area contributed by atoms with E-state index in [4.69, 9.17) is 0 Å². The molecule has 0 radical (unpaired) electrons. The van der Waals surface area contributed by atoms with E-state index in [-0.39, 0.29) is 11.0 Å². The van der Waals surface area contributed by atoms with Crippen molar-refractivity contribution in [2.45, 2.75) is 30.9 Å². The summed E-state index contributed by atoms with van der Waals surface area (Å²) in [5, 5.41) is 11.5. The first-order valence-electron chi connectivity index (χ1n) is 12.6.